The van der Waals surface area contributed by atoms with Crippen molar-refractivity contribution in [2.75, 3.05) is 0 Å². The van der Waals surface area contributed by atoms with Gasteiger partial charge in [-0.2, -0.15) is 57.1 Å². The zero-order chi connectivity index (χ0) is 19.4. The minimum atomic E-state index is -7.90. The summed E-state index contributed by atoms with van der Waals surface area (Å²) in [6.45, 7) is 0. The maximum absolute atomic E-state index is 13.3. The van der Waals surface area contributed by atoms with E-state index in [1.54, 1.807) is 0 Å². The van der Waals surface area contributed by atoms with Gasteiger partial charge < -0.3 is 4.98 Å². The summed E-state index contributed by atoms with van der Waals surface area (Å²) in [5.74, 6) is -39.5. The highest BCUT2D eigenvalue weighted by Crippen LogP contribution is 2.61. The van der Waals surface area contributed by atoms with Gasteiger partial charge in [-0.1, -0.05) is 0 Å². The summed E-state index contributed by atoms with van der Waals surface area (Å²) < 4.78 is 165. The molecular weight excluding hydrogens is 383 g/mol. The summed E-state index contributed by atoms with van der Waals surface area (Å²) in [6, 6.07) is 0. The van der Waals surface area contributed by atoms with E-state index in [0.29, 0.717) is 12.4 Å². The Labute approximate surface area is 122 Å². The van der Waals surface area contributed by atoms with Gasteiger partial charge in [0.1, 0.15) is 0 Å². The number of alkyl halides is 13. The van der Waals surface area contributed by atoms with Crippen LogP contribution in [0.3, 0.4) is 0 Å². The lowest BCUT2D eigenvalue weighted by Gasteiger charge is -2.39. The van der Waals surface area contributed by atoms with Gasteiger partial charge in [-0.15, -0.1) is 0 Å². The summed E-state index contributed by atoms with van der Waals surface area (Å²) in [7, 11) is 0. The highest BCUT2D eigenvalue weighted by molar-refractivity contribution is 5.14. The Kier molecular flexibility index (Phi) is 4.36. The number of aromatic amines is 1. The van der Waals surface area contributed by atoms with E-state index < -0.39 is 41.6 Å². The van der Waals surface area contributed by atoms with Crippen molar-refractivity contribution in [1.82, 2.24) is 9.97 Å². The lowest BCUT2D eigenvalue weighted by atomic mass is 9.93. The van der Waals surface area contributed by atoms with E-state index in [1.807, 2.05) is 0 Å². The van der Waals surface area contributed by atoms with Crippen molar-refractivity contribution in [2.45, 2.75) is 35.8 Å². The van der Waals surface area contributed by atoms with Gasteiger partial charge in [-0.25, -0.2) is 4.98 Å². The van der Waals surface area contributed by atoms with Crippen LogP contribution in [-0.2, 0) is 5.92 Å². The molecule has 0 aliphatic heterocycles. The Balaban J connectivity index is 3.51. The van der Waals surface area contributed by atoms with Crippen LogP contribution in [0.15, 0.2) is 12.4 Å². The molecular formula is C9H3F13N2. The minimum Gasteiger partial charge on any atom is -0.343 e. The number of nitrogens with zero attached hydrogens (tertiary/aromatic N) is 1. The molecule has 0 aromatic carbocycles. The zero-order valence-electron chi connectivity index (χ0n) is 10.5. The smallest absolute Gasteiger partial charge is 0.343 e. The largest absolute Gasteiger partial charge is 0.460 e. The molecule has 0 saturated heterocycles. The number of nitrogens with one attached hydrogen (secondary N) is 1. The quantitative estimate of drug-likeness (QED) is 0.737. The molecule has 0 radical (unpaired) electrons. The molecule has 140 valence electrons. The maximum Gasteiger partial charge on any atom is 0.460 e. The Hall–Kier alpha value is -1.70. The summed E-state index contributed by atoms with van der Waals surface area (Å²) in [5.41, 5.74) is 0. The van der Waals surface area contributed by atoms with Crippen molar-refractivity contribution < 1.29 is 57.1 Å². The van der Waals surface area contributed by atoms with Crippen LogP contribution in [-0.4, -0.2) is 39.8 Å². The van der Waals surface area contributed by atoms with Crippen LogP contribution in [0.1, 0.15) is 5.82 Å². The van der Waals surface area contributed by atoms with Gasteiger partial charge in [0.25, 0.3) is 0 Å². The number of aromatic nitrogens is 2. The van der Waals surface area contributed by atoms with Crippen molar-refractivity contribution in [3.8, 4) is 0 Å². The van der Waals surface area contributed by atoms with Gasteiger partial charge in [-0.3, -0.25) is 0 Å². The Bertz CT molecular complexity index is 571. The topological polar surface area (TPSA) is 28.7 Å². The summed E-state index contributed by atoms with van der Waals surface area (Å²) in [5, 5.41) is 0. The van der Waals surface area contributed by atoms with Crippen LogP contribution in [0.25, 0.3) is 0 Å². The van der Waals surface area contributed by atoms with Gasteiger partial charge in [0.2, 0.25) is 0 Å². The number of rotatable bonds is 5. The van der Waals surface area contributed by atoms with E-state index in [0.717, 1.165) is 4.98 Å². The molecule has 0 bridgehead atoms. The number of hydrogen-bond acceptors (Lipinski definition) is 1. The fourth-order valence-corrected chi connectivity index (χ4v) is 1.36. The van der Waals surface area contributed by atoms with Gasteiger partial charge in [0, 0.05) is 12.4 Å². The fourth-order valence-electron chi connectivity index (χ4n) is 1.36. The first-order valence-electron chi connectivity index (χ1n) is 5.31. The average molecular weight is 386 g/mol. The van der Waals surface area contributed by atoms with E-state index >= 15 is 0 Å². The predicted octanol–water partition coefficient (Wildman–Crippen LogP) is 4.61. The molecule has 0 amide bonds. The molecule has 0 spiro atoms. The summed E-state index contributed by atoms with van der Waals surface area (Å²) in [6.07, 6.45) is -6.77. The average Bonchev–Trinajstić information content (AvgIpc) is 2.90. The second-order valence-electron chi connectivity index (χ2n) is 4.31. The van der Waals surface area contributed by atoms with Gasteiger partial charge in [0.15, 0.2) is 5.82 Å². The molecule has 0 unspecified atom stereocenters. The fraction of sp³-hybridized carbons (Fsp3) is 0.667. The van der Waals surface area contributed by atoms with Crippen molar-refractivity contribution >= 4 is 0 Å². The summed E-state index contributed by atoms with van der Waals surface area (Å²) >= 11 is 0. The van der Waals surface area contributed by atoms with Gasteiger partial charge in [0.05, 0.1) is 0 Å². The van der Waals surface area contributed by atoms with Crippen molar-refractivity contribution in [3.05, 3.63) is 18.2 Å². The first-order valence-corrected chi connectivity index (χ1v) is 5.31. The van der Waals surface area contributed by atoms with Crippen LogP contribution in [0.5, 0.6) is 0 Å². The molecule has 1 aromatic heterocycles. The minimum absolute atomic E-state index is 0.292. The standard InChI is InChI=1S/C9H3F13N2/c10-4(11,3-23-1-2-24-3)5(12,13)6(14,15)7(16,17)8(18,19)9(20,21)22/h1-2H,(H,23,24). The van der Waals surface area contributed by atoms with E-state index in [4.69, 9.17) is 0 Å². The molecule has 1 aromatic rings. The predicted molar refractivity (Wildman–Crippen MR) is 48.3 cm³/mol. The third kappa shape index (κ3) is 2.39. The lowest BCUT2D eigenvalue weighted by Crippen LogP contribution is -2.69. The van der Waals surface area contributed by atoms with Gasteiger partial charge >= 0.3 is 35.8 Å². The van der Waals surface area contributed by atoms with E-state index in [1.165, 1.54) is 0 Å². The molecule has 0 aliphatic rings. The van der Waals surface area contributed by atoms with Crippen LogP contribution in [0.2, 0.25) is 0 Å². The molecule has 1 rings (SSSR count). The molecule has 2 nitrogen and oxygen atoms in total. The molecule has 0 aliphatic carbocycles. The second-order valence-corrected chi connectivity index (χ2v) is 4.31. The first-order chi connectivity index (χ1) is 10.4. The summed E-state index contributed by atoms with van der Waals surface area (Å²) in [4.78, 5) is 3.53. The molecule has 1 N–H and O–H groups in total. The Morgan fingerprint density at radius 2 is 1.04 bits per heavy atom. The third-order valence-electron chi connectivity index (χ3n) is 2.73. The molecule has 1 heterocycles. The van der Waals surface area contributed by atoms with Gasteiger partial charge in [-0.05, 0) is 0 Å². The van der Waals surface area contributed by atoms with Crippen LogP contribution < -0.4 is 0 Å². The third-order valence-corrected chi connectivity index (χ3v) is 2.73. The molecule has 0 fully saturated rings. The highest BCUT2D eigenvalue weighted by atomic mass is 19.4. The van der Waals surface area contributed by atoms with Crippen molar-refractivity contribution in [1.29, 1.82) is 0 Å². The number of H-pyrrole nitrogens is 1. The Morgan fingerprint density at radius 3 is 1.38 bits per heavy atom. The lowest BCUT2D eigenvalue weighted by molar-refractivity contribution is -0.442. The van der Waals surface area contributed by atoms with E-state index in [-0.39, 0.29) is 0 Å². The Morgan fingerprint density at radius 1 is 0.625 bits per heavy atom. The first kappa shape index (κ1) is 20.3. The van der Waals surface area contributed by atoms with Crippen molar-refractivity contribution in [3.63, 3.8) is 0 Å². The van der Waals surface area contributed by atoms with Crippen LogP contribution in [0.4, 0.5) is 57.1 Å². The molecule has 0 saturated carbocycles. The number of imidazole rings is 1. The highest BCUT2D eigenvalue weighted by Gasteiger charge is 2.91. The SMILES string of the molecule is FC(F)(F)C(F)(F)C(F)(F)C(F)(F)C(F)(F)C(F)(F)c1ncc[nH]1. The van der Waals surface area contributed by atoms with Crippen LogP contribution in [0, 0.1) is 0 Å². The van der Waals surface area contributed by atoms with Crippen LogP contribution >= 0.6 is 0 Å². The second kappa shape index (κ2) is 5.15. The van der Waals surface area contributed by atoms with E-state index in [2.05, 4.69) is 4.98 Å². The molecule has 15 heteroatoms. The molecule has 0 atom stereocenters. The van der Waals surface area contributed by atoms with E-state index in [9.17, 15) is 57.1 Å². The molecule has 24 heavy (non-hydrogen) atoms. The zero-order valence-corrected chi connectivity index (χ0v) is 10.5. The normalized spacial score (nSPS) is 15.7. The van der Waals surface area contributed by atoms with Crippen molar-refractivity contribution in [2.24, 2.45) is 0 Å². The number of halogens is 13. The number of hydrogen-bond donors (Lipinski definition) is 1. The monoisotopic (exact) mass is 386 g/mol. The maximum atomic E-state index is 13.3.